The number of aromatic carboxylic acids is 1. The van der Waals surface area contributed by atoms with Crippen molar-refractivity contribution in [3.05, 3.63) is 65.5 Å². The quantitative estimate of drug-likeness (QED) is 0.580. The molecule has 0 aliphatic carbocycles. The molecular formula is C22H28N4O4. The van der Waals surface area contributed by atoms with Crippen LogP contribution in [-0.2, 0) is 6.42 Å². The maximum absolute atomic E-state index is 12.4. The Kier molecular flexibility index (Phi) is 7.80. The molecule has 1 aromatic carbocycles. The van der Waals surface area contributed by atoms with Crippen molar-refractivity contribution in [3.8, 4) is 5.75 Å². The first-order chi connectivity index (χ1) is 14.3. The molecule has 1 aromatic heterocycles. The van der Waals surface area contributed by atoms with E-state index in [4.69, 9.17) is 9.84 Å². The second-order valence-electron chi connectivity index (χ2n) is 6.65. The predicted molar refractivity (Wildman–Crippen MR) is 116 cm³/mol. The molecule has 0 bridgehead atoms. The lowest BCUT2D eigenvalue weighted by Gasteiger charge is -2.31. The van der Waals surface area contributed by atoms with Crippen LogP contribution >= 0.6 is 0 Å². The van der Waals surface area contributed by atoms with Crippen LogP contribution < -0.4 is 15.1 Å². The zero-order chi connectivity index (χ0) is 22.3. The van der Waals surface area contributed by atoms with Crippen LogP contribution in [0.5, 0.6) is 5.75 Å². The van der Waals surface area contributed by atoms with Crippen molar-refractivity contribution in [1.29, 1.82) is 0 Å². The Balaban J connectivity index is 2.18. The molecule has 8 nitrogen and oxygen atoms in total. The second-order valence-corrected chi connectivity index (χ2v) is 6.65. The van der Waals surface area contributed by atoms with Gasteiger partial charge in [-0.05, 0) is 49.2 Å². The molecule has 2 N–H and O–H groups in total. The van der Waals surface area contributed by atoms with Gasteiger partial charge in [0.15, 0.2) is 5.82 Å². The number of carboxylic acids is 1. The molecular weight excluding hydrogens is 384 g/mol. The number of hydrogen-bond acceptors (Lipinski definition) is 6. The molecule has 0 atom stereocenters. The summed E-state index contributed by atoms with van der Waals surface area (Å²) in [5.41, 5.74) is 2.29. The SMILES string of the molecule is C=CN(C)N(CC)c1ncc(CCOc2ccc(C(=O)O)cc2C)cc1C(=O)NC. The van der Waals surface area contributed by atoms with Crippen molar-refractivity contribution in [2.45, 2.75) is 20.3 Å². The van der Waals surface area contributed by atoms with Crippen molar-refractivity contribution >= 4 is 17.7 Å². The van der Waals surface area contributed by atoms with E-state index in [0.717, 1.165) is 11.1 Å². The molecule has 0 aliphatic rings. The summed E-state index contributed by atoms with van der Waals surface area (Å²) in [5, 5.41) is 15.3. The van der Waals surface area contributed by atoms with Gasteiger partial charge in [0, 0.05) is 39.5 Å². The van der Waals surface area contributed by atoms with Crippen LogP contribution in [0.25, 0.3) is 0 Å². The molecule has 8 heteroatoms. The summed E-state index contributed by atoms with van der Waals surface area (Å²) in [6.45, 7) is 8.52. The molecule has 1 amide bonds. The Morgan fingerprint density at radius 1 is 1.33 bits per heavy atom. The largest absolute Gasteiger partial charge is 0.493 e. The molecule has 0 aliphatic heterocycles. The van der Waals surface area contributed by atoms with Gasteiger partial charge in [-0.3, -0.25) is 14.8 Å². The van der Waals surface area contributed by atoms with Crippen molar-refractivity contribution < 1.29 is 19.4 Å². The maximum atomic E-state index is 12.4. The Hall–Kier alpha value is -3.55. The maximum Gasteiger partial charge on any atom is 0.335 e. The third-order valence-electron chi connectivity index (χ3n) is 4.65. The second kappa shape index (κ2) is 10.3. The lowest BCUT2D eigenvalue weighted by molar-refractivity contribution is 0.0696. The standard InChI is InChI=1S/C22H28N4O4/c1-6-25(5)26(7-2)20-18(21(27)23-4)13-16(14-24-20)10-11-30-19-9-8-17(22(28)29)12-15(19)3/h6,8-9,12-14H,1,7,10-11H2,2-5H3,(H,23,27)(H,28,29). The number of ether oxygens (including phenoxy) is 1. The monoisotopic (exact) mass is 412 g/mol. The van der Waals surface area contributed by atoms with Crippen LogP contribution in [0.2, 0.25) is 0 Å². The molecule has 0 spiro atoms. The van der Waals surface area contributed by atoms with E-state index in [9.17, 15) is 9.59 Å². The summed E-state index contributed by atoms with van der Waals surface area (Å²) in [6.07, 6.45) is 3.92. The van der Waals surface area contributed by atoms with Crippen LogP contribution in [0.15, 0.2) is 43.2 Å². The van der Waals surface area contributed by atoms with E-state index in [1.165, 1.54) is 6.07 Å². The lowest BCUT2D eigenvalue weighted by Crippen LogP contribution is -2.38. The molecule has 0 unspecified atom stereocenters. The molecule has 2 aromatic rings. The topological polar surface area (TPSA) is 95.0 Å². The highest BCUT2D eigenvalue weighted by molar-refractivity contribution is 5.98. The first kappa shape index (κ1) is 22.7. The minimum absolute atomic E-state index is 0.222. The van der Waals surface area contributed by atoms with Crippen molar-refractivity contribution in [3.63, 3.8) is 0 Å². The van der Waals surface area contributed by atoms with E-state index in [0.29, 0.717) is 36.7 Å². The number of amides is 1. The Morgan fingerprint density at radius 2 is 2.07 bits per heavy atom. The Morgan fingerprint density at radius 3 is 2.63 bits per heavy atom. The van der Waals surface area contributed by atoms with Crippen LogP contribution in [-0.4, -0.2) is 54.2 Å². The highest BCUT2D eigenvalue weighted by atomic mass is 16.5. The average Bonchev–Trinajstić information content (AvgIpc) is 2.75. The first-order valence-corrected chi connectivity index (χ1v) is 9.62. The van der Waals surface area contributed by atoms with Crippen LogP contribution in [0.4, 0.5) is 5.82 Å². The highest BCUT2D eigenvalue weighted by Gasteiger charge is 2.19. The van der Waals surface area contributed by atoms with Crippen LogP contribution in [0, 0.1) is 6.92 Å². The van der Waals surface area contributed by atoms with Crippen LogP contribution in [0.1, 0.15) is 38.8 Å². The van der Waals surface area contributed by atoms with E-state index < -0.39 is 5.97 Å². The van der Waals surface area contributed by atoms with Gasteiger partial charge in [0.1, 0.15) is 5.75 Å². The van der Waals surface area contributed by atoms with Crippen molar-refractivity contribution in [2.75, 3.05) is 32.3 Å². The number of carbonyl (C=O) groups excluding carboxylic acids is 1. The van der Waals surface area contributed by atoms with Gasteiger partial charge in [0.2, 0.25) is 0 Å². The zero-order valence-corrected chi connectivity index (χ0v) is 17.8. The van der Waals surface area contributed by atoms with Crippen LogP contribution in [0.3, 0.4) is 0 Å². The summed E-state index contributed by atoms with van der Waals surface area (Å²) in [5.74, 6) is -0.0260. The number of hydrazine groups is 1. The number of pyridine rings is 1. The predicted octanol–water partition coefficient (Wildman–Crippen LogP) is 2.89. The van der Waals surface area contributed by atoms with Gasteiger partial charge in [0.05, 0.1) is 17.7 Å². The van der Waals surface area contributed by atoms with E-state index in [1.807, 2.05) is 25.0 Å². The Labute approximate surface area is 176 Å². The number of carbonyl (C=O) groups is 2. The summed E-state index contributed by atoms with van der Waals surface area (Å²) >= 11 is 0. The minimum atomic E-state index is -0.972. The lowest BCUT2D eigenvalue weighted by atomic mass is 10.1. The van der Waals surface area contributed by atoms with Gasteiger partial charge in [-0.25, -0.2) is 9.78 Å². The average molecular weight is 412 g/mol. The molecule has 160 valence electrons. The number of anilines is 1. The number of nitrogens with zero attached hydrogens (tertiary/aromatic N) is 3. The highest BCUT2D eigenvalue weighted by Crippen LogP contribution is 2.22. The van der Waals surface area contributed by atoms with Gasteiger partial charge in [-0.2, -0.15) is 0 Å². The number of aromatic nitrogens is 1. The summed E-state index contributed by atoms with van der Waals surface area (Å²) in [6, 6.07) is 6.55. The minimum Gasteiger partial charge on any atom is -0.493 e. The van der Waals surface area contributed by atoms with Crippen molar-refractivity contribution in [2.24, 2.45) is 0 Å². The normalized spacial score (nSPS) is 10.3. The fourth-order valence-electron chi connectivity index (χ4n) is 2.99. The number of rotatable bonds is 10. The summed E-state index contributed by atoms with van der Waals surface area (Å²) in [7, 11) is 3.42. The molecule has 2 rings (SSSR count). The first-order valence-electron chi connectivity index (χ1n) is 9.62. The van der Waals surface area contributed by atoms with Gasteiger partial charge >= 0.3 is 5.97 Å². The van der Waals surface area contributed by atoms with E-state index >= 15 is 0 Å². The van der Waals surface area contributed by atoms with Gasteiger partial charge < -0.3 is 15.2 Å². The number of aryl methyl sites for hydroxylation is 1. The van der Waals surface area contributed by atoms with E-state index in [2.05, 4.69) is 16.9 Å². The van der Waals surface area contributed by atoms with Gasteiger partial charge in [-0.15, -0.1) is 0 Å². The zero-order valence-electron chi connectivity index (χ0n) is 17.8. The molecule has 0 saturated heterocycles. The summed E-state index contributed by atoms with van der Waals surface area (Å²) in [4.78, 5) is 28.0. The van der Waals surface area contributed by atoms with E-state index in [1.54, 1.807) is 43.5 Å². The fourth-order valence-corrected chi connectivity index (χ4v) is 2.99. The molecule has 1 heterocycles. The summed E-state index contributed by atoms with van der Waals surface area (Å²) < 4.78 is 5.80. The number of hydrogen-bond donors (Lipinski definition) is 2. The number of nitrogens with one attached hydrogen (secondary N) is 1. The number of carboxylic acid groups (broad SMARTS) is 1. The Bertz CT molecular complexity index is 929. The molecule has 30 heavy (non-hydrogen) atoms. The third-order valence-corrected chi connectivity index (χ3v) is 4.65. The van der Waals surface area contributed by atoms with E-state index in [-0.39, 0.29) is 11.5 Å². The molecule has 0 saturated carbocycles. The molecule has 0 fully saturated rings. The van der Waals surface area contributed by atoms with Gasteiger partial charge in [0.25, 0.3) is 5.91 Å². The van der Waals surface area contributed by atoms with Gasteiger partial charge in [-0.1, -0.05) is 6.58 Å². The smallest absolute Gasteiger partial charge is 0.335 e. The third kappa shape index (κ3) is 5.28. The fraction of sp³-hybridized carbons (Fsp3) is 0.318. The number of benzene rings is 1. The van der Waals surface area contributed by atoms with Crippen molar-refractivity contribution in [1.82, 2.24) is 15.3 Å². The molecule has 0 radical (unpaired) electrons.